The van der Waals surface area contributed by atoms with Gasteiger partial charge in [-0.1, -0.05) is 13.8 Å². The number of alkyl halides is 3. The maximum atomic E-state index is 13.3. The fourth-order valence-electron chi connectivity index (χ4n) is 1.92. The van der Waals surface area contributed by atoms with Gasteiger partial charge in [-0.05, 0) is 26.7 Å². The third kappa shape index (κ3) is 6.41. The first kappa shape index (κ1) is 21.5. The lowest BCUT2D eigenvalue weighted by molar-refractivity contribution is -0.385. The molecule has 1 aromatic carbocycles. The van der Waals surface area contributed by atoms with Crippen LogP contribution in [0, 0.1) is 16.0 Å². The van der Waals surface area contributed by atoms with Crippen LogP contribution in [-0.4, -0.2) is 23.1 Å². The van der Waals surface area contributed by atoms with Crippen LogP contribution in [0.3, 0.4) is 0 Å². The highest BCUT2D eigenvalue weighted by atomic mass is 19.4. The molecular formula is C16H22F3N3O4. The quantitative estimate of drug-likeness (QED) is 0.579. The average molecular weight is 377 g/mol. The van der Waals surface area contributed by atoms with Crippen LogP contribution in [-0.2, 0) is 6.18 Å². The lowest BCUT2D eigenvalue weighted by atomic mass is 10.1. The number of hydrogen-bond acceptors (Lipinski definition) is 5. The molecule has 0 unspecified atom stereocenters. The second-order valence-electron chi connectivity index (χ2n) is 7.16. The highest BCUT2D eigenvalue weighted by Crippen LogP contribution is 2.41. The van der Waals surface area contributed by atoms with Gasteiger partial charge in [0.2, 0.25) is 5.75 Å². The van der Waals surface area contributed by atoms with E-state index in [0.717, 1.165) is 6.07 Å². The third-order valence-corrected chi connectivity index (χ3v) is 2.98. The topological polar surface area (TPSA) is 93.5 Å². The van der Waals surface area contributed by atoms with Crippen molar-refractivity contribution in [1.82, 2.24) is 5.32 Å². The van der Waals surface area contributed by atoms with Crippen LogP contribution in [0.25, 0.3) is 0 Å². The summed E-state index contributed by atoms with van der Waals surface area (Å²) in [5.41, 5.74) is -3.23. The highest BCUT2D eigenvalue weighted by Gasteiger charge is 2.37. The van der Waals surface area contributed by atoms with Crippen molar-refractivity contribution in [3.05, 3.63) is 27.8 Å². The first-order valence-electron chi connectivity index (χ1n) is 7.84. The number of rotatable bonds is 5. The molecule has 7 nitrogen and oxygen atoms in total. The van der Waals surface area contributed by atoms with E-state index in [1.807, 2.05) is 0 Å². The Kier molecular flexibility index (Phi) is 6.45. The van der Waals surface area contributed by atoms with E-state index in [2.05, 4.69) is 10.6 Å². The van der Waals surface area contributed by atoms with Gasteiger partial charge in [-0.15, -0.1) is 0 Å². The monoisotopic (exact) mass is 377 g/mol. The number of benzene rings is 1. The molecule has 1 aromatic rings. The Hall–Kier alpha value is -2.52. The van der Waals surface area contributed by atoms with Crippen molar-refractivity contribution in [2.24, 2.45) is 5.92 Å². The van der Waals surface area contributed by atoms with Gasteiger partial charge in [0.15, 0.2) is 0 Å². The summed E-state index contributed by atoms with van der Waals surface area (Å²) in [6.45, 7) is 8.76. The maximum absolute atomic E-state index is 13.3. The number of hydrogen-bond donors (Lipinski definition) is 2. The van der Waals surface area contributed by atoms with E-state index in [1.165, 1.54) is 0 Å². The normalized spacial score (nSPS) is 12.0. The molecule has 0 fully saturated rings. The summed E-state index contributed by atoms with van der Waals surface area (Å²) in [6.07, 6.45) is -5.81. The van der Waals surface area contributed by atoms with Crippen LogP contribution < -0.4 is 15.4 Å². The average Bonchev–Trinajstić information content (AvgIpc) is 2.41. The molecule has 26 heavy (non-hydrogen) atoms. The molecular weight excluding hydrogens is 355 g/mol. The molecule has 0 aliphatic carbocycles. The van der Waals surface area contributed by atoms with E-state index < -0.39 is 45.4 Å². The summed E-state index contributed by atoms with van der Waals surface area (Å²) in [4.78, 5) is 22.0. The maximum Gasteiger partial charge on any atom is 0.418 e. The van der Waals surface area contributed by atoms with Crippen molar-refractivity contribution in [1.29, 1.82) is 0 Å². The molecule has 0 radical (unpaired) electrons. The molecule has 0 bridgehead atoms. The fourth-order valence-corrected chi connectivity index (χ4v) is 1.92. The molecule has 0 spiro atoms. The van der Waals surface area contributed by atoms with Gasteiger partial charge in [-0.2, -0.15) is 13.2 Å². The van der Waals surface area contributed by atoms with Crippen molar-refractivity contribution in [2.45, 2.75) is 46.3 Å². The van der Waals surface area contributed by atoms with Crippen molar-refractivity contribution in [3.63, 3.8) is 0 Å². The molecule has 1 rings (SSSR count). The number of nitro benzene ring substituents is 1. The zero-order valence-electron chi connectivity index (χ0n) is 15.2. The summed E-state index contributed by atoms with van der Waals surface area (Å²) in [7, 11) is 0. The minimum atomic E-state index is -4.81. The largest absolute Gasteiger partial charge is 0.418 e. The van der Waals surface area contributed by atoms with Crippen LogP contribution in [0.5, 0.6) is 5.75 Å². The van der Waals surface area contributed by atoms with Gasteiger partial charge < -0.3 is 15.4 Å². The molecule has 146 valence electrons. The van der Waals surface area contributed by atoms with E-state index in [-0.39, 0.29) is 12.5 Å². The zero-order chi connectivity index (χ0) is 20.3. The van der Waals surface area contributed by atoms with Gasteiger partial charge in [0, 0.05) is 24.2 Å². The minimum Gasteiger partial charge on any atom is -0.403 e. The molecule has 10 heteroatoms. The second-order valence-corrected chi connectivity index (χ2v) is 7.16. The summed E-state index contributed by atoms with van der Waals surface area (Å²) < 4.78 is 44.6. The number of nitrogens with one attached hydrogen (secondary N) is 2. The standard InChI is InChI=1S/C16H22F3N3O4/c1-9(2)8-20-11-7-13(26-14(23)21-15(3,4)5)12(22(24)25)6-10(11)16(17,18)19/h6-7,9,20H,8H2,1-5H3,(H,21,23). The van der Waals surface area contributed by atoms with Gasteiger partial charge in [-0.3, -0.25) is 10.1 Å². The van der Waals surface area contributed by atoms with Gasteiger partial charge in [-0.25, -0.2) is 4.79 Å². The minimum absolute atomic E-state index is 0.0276. The molecule has 0 saturated heterocycles. The smallest absolute Gasteiger partial charge is 0.403 e. The Morgan fingerprint density at radius 2 is 1.85 bits per heavy atom. The number of amides is 1. The molecule has 0 saturated carbocycles. The van der Waals surface area contributed by atoms with Gasteiger partial charge in [0.25, 0.3) is 0 Å². The van der Waals surface area contributed by atoms with Crippen molar-refractivity contribution < 1.29 is 27.6 Å². The molecule has 1 amide bonds. The van der Waals surface area contributed by atoms with Crippen LogP contribution in [0.4, 0.5) is 29.3 Å². The summed E-state index contributed by atoms with van der Waals surface area (Å²) in [6, 6.07) is 1.19. The van der Waals surface area contributed by atoms with Crippen LogP contribution in [0.15, 0.2) is 12.1 Å². The van der Waals surface area contributed by atoms with Gasteiger partial charge in [0.1, 0.15) is 0 Å². The predicted octanol–water partition coefficient (Wildman–Crippen LogP) is 4.57. The summed E-state index contributed by atoms with van der Waals surface area (Å²) in [5, 5.41) is 16.2. The first-order chi connectivity index (χ1) is 11.7. The number of carbonyl (C=O) groups is 1. The fraction of sp³-hybridized carbons (Fsp3) is 0.562. The van der Waals surface area contributed by atoms with E-state index >= 15 is 0 Å². The van der Waals surface area contributed by atoms with E-state index in [0.29, 0.717) is 6.07 Å². The van der Waals surface area contributed by atoms with Crippen LogP contribution in [0.1, 0.15) is 40.2 Å². The predicted molar refractivity (Wildman–Crippen MR) is 90.3 cm³/mol. The van der Waals surface area contributed by atoms with Crippen molar-refractivity contribution >= 4 is 17.5 Å². The number of nitro groups is 1. The van der Waals surface area contributed by atoms with E-state index in [9.17, 15) is 28.1 Å². The highest BCUT2D eigenvalue weighted by molar-refractivity contribution is 5.75. The Labute approximate surface area is 149 Å². The SMILES string of the molecule is CC(C)CNc1cc(OC(=O)NC(C)(C)C)c([N+](=O)[O-])cc1C(F)(F)F. The number of halogens is 3. The van der Waals surface area contributed by atoms with Crippen LogP contribution >= 0.6 is 0 Å². The van der Waals surface area contributed by atoms with Crippen molar-refractivity contribution in [2.75, 3.05) is 11.9 Å². The second kappa shape index (κ2) is 7.79. The molecule has 2 N–H and O–H groups in total. The molecule has 0 aliphatic heterocycles. The Morgan fingerprint density at radius 1 is 1.27 bits per heavy atom. The lowest BCUT2D eigenvalue weighted by Crippen LogP contribution is -2.42. The third-order valence-electron chi connectivity index (χ3n) is 2.98. The molecule has 0 heterocycles. The number of ether oxygens (including phenoxy) is 1. The Balaban J connectivity index is 3.36. The van der Waals surface area contributed by atoms with Gasteiger partial charge in [0.05, 0.1) is 16.2 Å². The summed E-state index contributed by atoms with van der Waals surface area (Å²) >= 11 is 0. The first-order valence-corrected chi connectivity index (χ1v) is 7.84. The molecule has 0 aliphatic rings. The molecule has 0 aromatic heterocycles. The summed E-state index contributed by atoms with van der Waals surface area (Å²) in [5.74, 6) is -0.546. The lowest BCUT2D eigenvalue weighted by Gasteiger charge is -2.21. The Morgan fingerprint density at radius 3 is 2.27 bits per heavy atom. The van der Waals surface area contributed by atoms with Gasteiger partial charge >= 0.3 is 18.0 Å². The van der Waals surface area contributed by atoms with E-state index in [1.54, 1.807) is 34.6 Å². The Bertz CT molecular complexity index is 683. The number of carbonyl (C=O) groups excluding carboxylic acids is 1. The van der Waals surface area contributed by atoms with E-state index in [4.69, 9.17) is 4.74 Å². The number of anilines is 1. The number of nitrogens with zero attached hydrogens (tertiary/aromatic N) is 1. The van der Waals surface area contributed by atoms with Crippen LogP contribution in [0.2, 0.25) is 0 Å². The van der Waals surface area contributed by atoms with Crippen molar-refractivity contribution in [3.8, 4) is 5.75 Å². The zero-order valence-corrected chi connectivity index (χ0v) is 15.2. The molecule has 0 atom stereocenters.